The van der Waals surface area contributed by atoms with Gasteiger partial charge in [-0.05, 0) is 23.6 Å². The van der Waals surface area contributed by atoms with Crippen LogP contribution >= 0.6 is 0 Å². The van der Waals surface area contributed by atoms with Crippen LogP contribution in [-0.4, -0.2) is 47.0 Å². The minimum Gasteiger partial charge on any atom is -0.481 e. The molecule has 3 rings (SSSR count). The maximum atomic E-state index is 13.2. The number of carbonyl (C=O) groups is 1. The Balaban J connectivity index is 1.84. The Hall–Kier alpha value is -2.70. The molecular weight excluding hydrogens is 347 g/mol. The van der Waals surface area contributed by atoms with E-state index in [4.69, 9.17) is 4.74 Å². The van der Waals surface area contributed by atoms with Crippen LogP contribution in [0.2, 0.25) is 0 Å². The number of methoxy groups -OCH3 is 1. The molecule has 0 radical (unpaired) electrons. The van der Waals surface area contributed by atoms with E-state index >= 15 is 0 Å². The van der Waals surface area contributed by atoms with Crippen LogP contribution in [0.25, 0.3) is 0 Å². The van der Waals surface area contributed by atoms with Crippen molar-refractivity contribution in [3.63, 3.8) is 0 Å². The van der Waals surface area contributed by atoms with E-state index in [-0.39, 0.29) is 23.7 Å². The lowest BCUT2D eigenvalue weighted by Gasteiger charge is -2.34. The van der Waals surface area contributed by atoms with Crippen LogP contribution < -0.4 is 9.64 Å². The zero-order chi connectivity index (χ0) is 19.4. The van der Waals surface area contributed by atoms with Crippen molar-refractivity contribution in [3.05, 3.63) is 47.9 Å². The quantitative estimate of drug-likeness (QED) is 0.808. The zero-order valence-electron chi connectivity index (χ0n) is 15.9. The van der Waals surface area contributed by atoms with Crippen molar-refractivity contribution < 1.29 is 13.9 Å². The molecule has 1 fully saturated rings. The zero-order valence-corrected chi connectivity index (χ0v) is 15.9. The second-order valence-corrected chi connectivity index (χ2v) is 7.05. The third kappa shape index (κ3) is 4.53. The van der Waals surface area contributed by atoms with Gasteiger partial charge in [0.1, 0.15) is 5.82 Å². The summed E-state index contributed by atoms with van der Waals surface area (Å²) in [5.74, 6) is 1.13. The van der Waals surface area contributed by atoms with Crippen molar-refractivity contribution in [2.45, 2.75) is 32.9 Å². The van der Waals surface area contributed by atoms with E-state index < -0.39 is 0 Å². The predicted molar refractivity (Wildman–Crippen MR) is 101 cm³/mol. The average Bonchev–Trinajstić information content (AvgIpc) is 2.83. The average molecular weight is 372 g/mol. The highest BCUT2D eigenvalue weighted by molar-refractivity contribution is 5.78. The highest BCUT2D eigenvalue weighted by atomic mass is 19.1. The summed E-state index contributed by atoms with van der Waals surface area (Å²) in [6.07, 6.45) is 2.04. The van der Waals surface area contributed by atoms with Gasteiger partial charge in [-0.1, -0.05) is 26.0 Å². The van der Waals surface area contributed by atoms with E-state index in [1.165, 1.54) is 12.1 Å². The summed E-state index contributed by atoms with van der Waals surface area (Å²) in [6, 6.07) is 8.02. The molecule has 1 aliphatic heterocycles. The summed E-state index contributed by atoms with van der Waals surface area (Å²) in [5, 5.41) is 0. The Labute approximate surface area is 159 Å². The van der Waals surface area contributed by atoms with Crippen LogP contribution in [0.5, 0.6) is 5.88 Å². The largest absolute Gasteiger partial charge is 0.481 e. The van der Waals surface area contributed by atoms with Crippen molar-refractivity contribution in [1.29, 1.82) is 0 Å². The maximum absolute atomic E-state index is 13.2. The number of carbonyl (C=O) groups excluding carboxylic acids is 1. The van der Waals surface area contributed by atoms with Gasteiger partial charge >= 0.3 is 0 Å². The number of hydrogen-bond acceptors (Lipinski definition) is 5. The predicted octanol–water partition coefficient (Wildman–Crippen LogP) is 2.89. The van der Waals surface area contributed by atoms with Crippen molar-refractivity contribution >= 4 is 11.9 Å². The van der Waals surface area contributed by atoms with E-state index in [9.17, 15) is 9.18 Å². The molecule has 144 valence electrons. The molecule has 1 aromatic carbocycles. The Morgan fingerprint density at radius 2 is 2.00 bits per heavy atom. The molecule has 0 saturated carbocycles. The Kier molecular flexibility index (Phi) is 5.88. The van der Waals surface area contributed by atoms with Crippen LogP contribution in [0.3, 0.4) is 0 Å². The summed E-state index contributed by atoms with van der Waals surface area (Å²) in [5.41, 5.74) is 0.918. The van der Waals surface area contributed by atoms with E-state index in [0.717, 1.165) is 5.56 Å². The Morgan fingerprint density at radius 1 is 1.26 bits per heavy atom. The first-order valence-corrected chi connectivity index (χ1v) is 9.14. The highest BCUT2D eigenvalue weighted by Crippen LogP contribution is 2.23. The van der Waals surface area contributed by atoms with Gasteiger partial charge < -0.3 is 14.5 Å². The van der Waals surface area contributed by atoms with Crippen LogP contribution in [-0.2, 0) is 11.3 Å². The molecule has 0 N–H and O–H groups in total. The molecule has 0 aliphatic carbocycles. The van der Waals surface area contributed by atoms with E-state index in [2.05, 4.69) is 23.8 Å². The molecule has 0 bridgehead atoms. The van der Waals surface area contributed by atoms with Gasteiger partial charge in [0.2, 0.25) is 17.7 Å². The minimum absolute atomic E-state index is 0.000135. The molecular formula is C20H25FN4O2. The third-order valence-electron chi connectivity index (χ3n) is 4.87. The fourth-order valence-corrected chi connectivity index (χ4v) is 3.32. The van der Waals surface area contributed by atoms with Gasteiger partial charge in [-0.15, -0.1) is 0 Å². The number of aromatic nitrogens is 2. The van der Waals surface area contributed by atoms with Crippen LogP contribution in [0.4, 0.5) is 10.3 Å². The lowest BCUT2D eigenvalue weighted by Crippen LogP contribution is -2.46. The summed E-state index contributed by atoms with van der Waals surface area (Å²) in [7, 11) is 1.57. The number of hydrogen-bond donors (Lipinski definition) is 0. The van der Waals surface area contributed by atoms with Crippen molar-refractivity contribution in [3.8, 4) is 5.88 Å². The molecule has 2 heterocycles. The molecule has 6 nitrogen and oxygen atoms in total. The lowest BCUT2D eigenvalue weighted by molar-refractivity contribution is -0.134. The topological polar surface area (TPSA) is 58.6 Å². The molecule has 1 aliphatic rings. The molecule has 0 spiro atoms. The molecule has 27 heavy (non-hydrogen) atoms. The number of nitrogens with zero attached hydrogens (tertiary/aromatic N) is 4. The van der Waals surface area contributed by atoms with Gasteiger partial charge in [0.15, 0.2) is 0 Å². The van der Waals surface area contributed by atoms with Crippen molar-refractivity contribution in [2.24, 2.45) is 5.92 Å². The van der Waals surface area contributed by atoms with Crippen LogP contribution in [0, 0.1) is 11.7 Å². The van der Waals surface area contributed by atoms with Gasteiger partial charge in [-0.3, -0.25) is 4.79 Å². The monoisotopic (exact) mass is 372 g/mol. The molecule has 1 atom stereocenters. The summed E-state index contributed by atoms with van der Waals surface area (Å²) >= 11 is 0. The van der Waals surface area contributed by atoms with E-state index in [0.29, 0.717) is 37.9 Å². The molecule has 7 heteroatoms. The first-order chi connectivity index (χ1) is 13.0. The molecule has 0 unspecified atom stereocenters. The second kappa shape index (κ2) is 8.33. The highest BCUT2D eigenvalue weighted by Gasteiger charge is 2.32. The molecule has 1 saturated heterocycles. The number of amides is 1. The first kappa shape index (κ1) is 19.1. The van der Waals surface area contributed by atoms with E-state index in [1.54, 1.807) is 31.5 Å². The van der Waals surface area contributed by atoms with Gasteiger partial charge in [-0.25, -0.2) is 9.37 Å². The van der Waals surface area contributed by atoms with E-state index in [1.807, 2.05) is 9.80 Å². The second-order valence-electron chi connectivity index (χ2n) is 7.05. The van der Waals surface area contributed by atoms with Gasteiger partial charge in [0.05, 0.1) is 13.2 Å². The smallest absolute Gasteiger partial charge is 0.228 e. The summed E-state index contributed by atoms with van der Waals surface area (Å²) < 4.78 is 18.4. The molecule has 1 amide bonds. The van der Waals surface area contributed by atoms with Gasteiger partial charge in [0.25, 0.3) is 0 Å². The fraction of sp³-hybridized carbons (Fsp3) is 0.450. The Bertz CT molecular complexity index is 782. The molecule has 1 aromatic heterocycles. The van der Waals surface area contributed by atoms with Crippen LogP contribution in [0.15, 0.2) is 36.5 Å². The third-order valence-corrected chi connectivity index (χ3v) is 4.87. The van der Waals surface area contributed by atoms with Crippen LogP contribution in [0.1, 0.15) is 25.8 Å². The van der Waals surface area contributed by atoms with Crippen molar-refractivity contribution in [2.75, 3.05) is 25.1 Å². The number of benzene rings is 1. The number of halogens is 1. The number of anilines is 1. The minimum atomic E-state index is -0.275. The summed E-state index contributed by atoms with van der Waals surface area (Å²) in [6.45, 7) is 5.86. The SMILES string of the molecule is COc1ccnc(N2CCC(=O)N(Cc3ccc(F)cc3)[C@@H](C(C)C)C2)n1. The normalized spacial score (nSPS) is 18.0. The van der Waals surface area contributed by atoms with Gasteiger partial charge in [-0.2, -0.15) is 4.98 Å². The Morgan fingerprint density at radius 3 is 2.67 bits per heavy atom. The maximum Gasteiger partial charge on any atom is 0.228 e. The molecule has 2 aromatic rings. The first-order valence-electron chi connectivity index (χ1n) is 9.14. The fourth-order valence-electron chi connectivity index (χ4n) is 3.32. The summed E-state index contributed by atoms with van der Waals surface area (Å²) in [4.78, 5) is 25.6. The van der Waals surface area contributed by atoms with Gasteiger partial charge in [0, 0.05) is 38.3 Å². The number of ether oxygens (including phenoxy) is 1. The number of rotatable bonds is 5. The standard InChI is InChI=1S/C20H25FN4O2/c1-14(2)17-13-24(20-22-10-8-18(23-20)27-3)11-9-19(26)25(17)12-15-4-6-16(21)7-5-15/h4-8,10,14,17H,9,11-13H2,1-3H3/t17-/m1/s1. The lowest BCUT2D eigenvalue weighted by atomic mass is 10.0. The van der Waals surface area contributed by atoms with Crippen molar-refractivity contribution in [1.82, 2.24) is 14.9 Å².